The fourth-order valence-electron chi connectivity index (χ4n) is 2.82. The Bertz CT molecular complexity index is 1180. The quantitative estimate of drug-likeness (QED) is 0.538. The van der Waals surface area contributed by atoms with Crippen molar-refractivity contribution in [2.24, 2.45) is 0 Å². The smallest absolute Gasteiger partial charge is 0.237 e. The topological polar surface area (TPSA) is 136 Å². The molecule has 0 saturated carbocycles. The molecule has 1 heterocycles. The minimum atomic E-state index is -0.589. The number of carbonyl (C=O) groups is 1. The zero-order valence-electron chi connectivity index (χ0n) is 16.0. The molecule has 0 fully saturated rings. The minimum absolute atomic E-state index is 0.0135. The number of para-hydroxylation sites is 1. The molecule has 3 rings (SSSR count). The summed E-state index contributed by atoms with van der Waals surface area (Å²) < 4.78 is 0. The molecule has 2 aromatic carbocycles. The van der Waals surface area contributed by atoms with Crippen molar-refractivity contribution in [3.05, 3.63) is 65.7 Å². The van der Waals surface area contributed by atoms with Crippen LogP contribution in [0.1, 0.15) is 18.1 Å². The SMILES string of the molecule is CC(Sc1nc(N)c(C#N)c(-c2cccc(O)c2)c1C#N)C(=O)Nc1ccccc1. The Labute approximate surface area is 177 Å². The molecule has 0 aliphatic carbocycles. The highest BCUT2D eigenvalue weighted by atomic mass is 32.2. The summed E-state index contributed by atoms with van der Waals surface area (Å²) >= 11 is 1.07. The van der Waals surface area contributed by atoms with Crippen LogP contribution in [0.25, 0.3) is 11.1 Å². The van der Waals surface area contributed by atoms with Crippen LogP contribution in [0.5, 0.6) is 5.75 Å². The van der Waals surface area contributed by atoms with E-state index in [1.807, 2.05) is 24.3 Å². The molecular weight excluding hydrogens is 398 g/mol. The number of nitriles is 2. The van der Waals surface area contributed by atoms with E-state index >= 15 is 0 Å². The number of phenols is 1. The highest BCUT2D eigenvalue weighted by Crippen LogP contribution is 2.37. The molecule has 0 bridgehead atoms. The van der Waals surface area contributed by atoms with Crippen LogP contribution < -0.4 is 11.1 Å². The van der Waals surface area contributed by atoms with E-state index in [0.717, 1.165) is 11.8 Å². The van der Waals surface area contributed by atoms with Gasteiger partial charge in [0.05, 0.1) is 10.8 Å². The van der Waals surface area contributed by atoms with Gasteiger partial charge >= 0.3 is 0 Å². The number of nitrogens with one attached hydrogen (secondary N) is 1. The summed E-state index contributed by atoms with van der Waals surface area (Å²) in [5.74, 6) is -0.327. The van der Waals surface area contributed by atoms with Gasteiger partial charge in [0, 0.05) is 11.3 Å². The number of aromatic hydroxyl groups is 1. The van der Waals surface area contributed by atoms with Crippen molar-refractivity contribution in [2.45, 2.75) is 17.2 Å². The van der Waals surface area contributed by atoms with Crippen LogP contribution in [0.2, 0.25) is 0 Å². The average Bonchev–Trinajstić information content (AvgIpc) is 2.74. The summed E-state index contributed by atoms with van der Waals surface area (Å²) in [7, 11) is 0. The number of nitrogens with two attached hydrogens (primary N) is 1. The molecule has 30 heavy (non-hydrogen) atoms. The highest BCUT2D eigenvalue weighted by Gasteiger charge is 2.24. The van der Waals surface area contributed by atoms with E-state index in [0.29, 0.717) is 11.3 Å². The maximum Gasteiger partial charge on any atom is 0.237 e. The van der Waals surface area contributed by atoms with Crippen molar-refractivity contribution in [1.82, 2.24) is 4.98 Å². The van der Waals surface area contributed by atoms with Gasteiger partial charge in [0.2, 0.25) is 5.91 Å². The minimum Gasteiger partial charge on any atom is -0.508 e. The number of anilines is 2. The first kappa shape index (κ1) is 20.7. The van der Waals surface area contributed by atoms with E-state index in [1.165, 1.54) is 12.1 Å². The summed E-state index contributed by atoms with van der Waals surface area (Å²) in [5, 5.41) is 31.7. The molecular formula is C22H17N5O2S. The Balaban J connectivity index is 2.00. The maximum atomic E-state index is 12.6. The molecule has 0 radical (unpaired) electrons. The summed E-state index contributed by atoms with van der Waals surface area (Å²) in [4.78, 5) is 16.8. The maximum absolute atomic E-state index is 12.6. The molecule has 3 aromatic rings. The number of carbonyl (C=O) groups excluding carboxylic acids is 1. The van der Waals surface area contributed by atoms with Gasteiger partial charge in [-0.2, -0.15) is 10.5 Å². The largest absolute Gasteiger partial charge is 0.508 e. The van der Waals surface area contributed by atoms with Gasteiger partial charge in [0.1, 0.15) is 34.3 Å². The van der Waals surface area contributed by atoms with Gasteiger partial charge in [0.15, 0.2) is 0 Å². The average molecular weight is 415 g/mol. The second-order valence-electron chi connectivity index (χ2n) is 6.32. The summed E-state index contributed by atoms with van der Waals surface area (Å²) in [6, 6.07) is 19.3. The number of nitrogen functional groups attached to an aromatic ring is 1. The lowest BCUT2D eigenvalue weighted by Gasteiger charge is -2.16. The number of aromatic nitrogens is 1. The Hall–Kier alpha value is -4.01. The van der Waals surface area contributed by atoms with Gasteiger partial charge in [-0.3, -0.25) is 4.79 Å². The molecule has 1 unspecified atom stereocenters. The molecule has 148 valence electrons. The molecule has 0 saturated heterocycles. The first-order valence-corrected chi connectivity index (χ1v) is 9.78. The Morgan fingerprint density at radius 2 is 1.83 bits per heavy atom. The lowest BCUT2D eigenvalue weighted by molar-refractivity contribution is -0.115. The Morgan fingerprint density at radius 3 is 2.47 bits per heavy atom. The van der Waals surface area contributed by atoms with Gasteiger partial charge in [0.25, 0.3) is 0 Å². The Morgan fingerprint density at radius 1 is 1.13 bits per heavy atom. The number of rotatable bonds is 5. The number of thioether (sulfide) groups is 1. The number of nitrogens with zero attached hydrogens (tertiary/aromatic N) is 3. The lowest BCUT2D eigenvalue weighted by Crippen LogP contribution is -2.22. The fraction of sp³-hybridized carbons (Fsp3) is 0.0909. The summed E-state index contributed by atoms with van der Waals surface area (Å²) in [5.41, 5.74) is 7.55. The third-order valence-corrected chi connectivity index (χ3v) is 5.34. The number of pyridine rings is 1. The van der Waals surface area contributed by atoms with Gasteiger partial charge in [-0.25, -0.2) is 4.98 Å². The summed E-state index contributed by atoms with van der Waals surface area (Å²) in [6.45, 7) is 1.69. The third kappa shape index (κ3) is 4.35. The first-order valence-electron chi connectivity index (χ1n) is 8.90. The summed E-state index contributed by atoms with van der Waals surface area (Å²) in [6.07, 6.45) is 0. The predicted octanol–water partition coefficient (Wildman–Crippen LogP) is 3.90. The second-order valence-corrected chi connectivity index (χ2v) is 7.65. The van der Waals surface area contributed by atoms with Gasteiger partial charge in [-0.05, 0) is 36.8 Å². The van der Waals surface area contributed by atoms with Crippen LogP contribution in [0.15, 0.2) is 59.6 Å². The molecule has 0 aliphatic heterocycles. The zero-order chi connectivity index (χ0) is 21.7. The van der Waals surface area contributed by atoms with Gasteiger partial charge < -0.3 is 16.2 Å². The van der Waals surface area contributed by atoms with Crippen LogP contribution in [-0.2, 0) is 4.79 Å². The molecule has 7 nitrogen and oxygen atoms in total. The van der Waals surface area contributed by atoms with E-state index in [1.54, 1.807) is 31.2 Å². The van der Waals surface area contributed by atoms with Gasteiger partial charge in [-0.1, -0.05) is 42.1 Å². The van der Waals surface area contributed by atoms with Crippen molar-refractivity contribution in [3.63, 3.8) is 0 Å². The number of amides is 1. The number of benzene rings is 2. The van der Waals surface area contributed by atoms with Crippen molar-refractivity contribution in [2.75, 3.05) is 11.1 Å². The van der Waals surface area contributed by atoms with Gasteiger partial charge in [-0.15, -0.1) is 0 Å². The van der Waals surface area contributed by atoms with Crippen molar-refractivity contribution < 1.29 is 9.90 Å². The molecule has 4 N–H and O–H groups in total. The van der Waals surface area contributed by atoms with E-state index in [4.69, 9.17) is 5.73 Å². The van der Waals surface area contributed by atoms with Crippen molar-refractivity contribution in [3.8, 4) is 29.0 Å². The van der Waals surface area contributed by atoms with Crippen LogP contribution in [0.4, 0.5) is 11.5 Å². The fourth-order valence-corrected chi connectivity index (χ4v) is 3.74. The lowest BCUT2D eigenvalue weighted by atomic mass is 9.97. The van der Waals surface area contributed by atoms with Crippen LogP contribution in [0, 0.1) is 22.7 Å². The predicted molar refractivity (Wildman–Crippen MR) is 116 cm³/mol. The molecule has 0 spiro atoms. The van der Waals surface area contributed by atoms with E-state index in [-0.39, 0.29) is 39.2 Å². The third-order valence-electron chi connectivity index (χ3n) is 4.25. The van der Waals surface area contributed by atoms with Crippen molar-refractivity contribution >= 4 is 29.2 Å². The van der Waals surface area contributed by atoms with E-state index in [9.17, 15) is 20.4 Å². The normalized spacial score (nSPS) is 11.2. The molecule has 1 amide bonds. The number of hydrogen-bond acceptors (Lipinski definition) is 7. The van der Waals surface area contributed by atoms with Crippen LogP contribution in [-0.4, -0.2) is 21.2 Å². The molecule has 1 aromatic heterocycles. The molecule has 8 heteroatoms. The second kappa shape index (κ2) is 8.99. The number of hydrogen-bond donors (Lipinski definition) is 3. The van der Waals surface area contributed by atoms with Crippen LogP contribution in [0.3, 0.4) is 0 Å². The zero-order valence-corrected chi connectivity index (χ0v) is 16.8. The first-order chi connectivity index (χ1) is 14.4. The molecule has 0 aliphatic rings. The number of phenolic OH excluding ortho intramolecular Hbond substituents is 1. The standard InChI is InChI=1S/C22H17N5O2S/c1-13(21(29)26-15-7-3-2-4-8-15)30-22-18(12-24)19(17(11-23)20(25)27-22)14-6-5-9-16(28)10-14/h2-10,13,28H,1H3,(H2,25,27)(H,26,29). The van der Waals surface area contributed by atoms with Crippen LogP contribution >= 0.6 is 11.8 Å². The monoisotopic (exact) mass is 415 g/mol. The Kier molecular flexibility index (Phi) is 6.21. The van der Waals surface area contributed by atoms with E-state index in [2.05, 4.69) is 16.4 Å². The molecule has 1 atom stereocenters. The highest BCUT2D eigenvalue weighted by molar-refractivity contribution is 8.00. The van der Waals surface area contributed by atoms with E-state index < -0.39 is 5.25 Å². The van der Waals surface area contributed by atoms with Crippen molar-refractivity contribution in [1.29, 1.82) is 10.5 Å².